The van der Waals surface area contributed by atoms with Gasteiger partial charge in [0, 0.05) is 10.5 Å². The Morgan fingerprint density at radius 2 is 2.13 bits per heavy atom. The molecule has 80 valence electrons. The normalized spacial score (nSPS) is 9.27. The molecule has 0 spiro atoms. The number of nitrogens with one attached hydrogen (secondary N) is 2. The van der Waals surface area contributed by atoms with E-state index in [1.54, 1.807) is 0 Å². The van der Waals surface area contributed by atoms with E-state index < -0.39 is 0 Å². The molecule has 0 bridgehead atoms. The second-order valence-electron chi connectivity index (χ2n) is 3.35. The molecule has 0 aliphatic rings. The maximum absolute atomic E-state index is 11.2. The minimum atomic E-state index is -0.157. The van der Waals surface area contributed by atoms with E-state index in [1.165, 1.54) is 6.08 Å². The molecule has 1 amide bonds. The number of hydrogen-bond acceptors (Lipinski definition) is 2. The van der Waals surface area contributed by atoms with Crippen LogP contribution in [0.2, 0.25) is 0 Å². The van der Waals surface area contributed by atoms with E-state index in [0.717, 1.165) is 15.7 Å². The largest absolute Gasteiger partial charge is 0.298 e. The molecule has 0 atom stereocenters. The van der Waals surface area contributed by atoms with Gasteiger partial charge in [0.2, 0.25) is 0 Å². The van der Waals surface area contributed by atoms with Gasteiger partial charge in [0.05, 0.1) is 5.69 Å². The summed E-state index contributed by atoms with van der Waals surface area (Å²) in [4.78, 5) is 11.2. The van der Waals surface area contributed by atoms with Crippen LogP contribution in [0.1, 0.15) is 13.8 Å². The van der Waals surface area contributed by atoms with Crippen molar-refractivity contribution in [2.45, 2.75) is 13.8 Å². The Bertz CT molecular complexity index is 384. The Kier molecular flexibility index (Phi) is 4.37. The van der Waals surface area contributed by atoms with Crippen molar-refractivity contribution in [2.75, 3.05) is 5.43 Å². The quantitative estimate of drug-likeness (QED) is 0.654. The molecule has 0 radical (unpaired) electrons. The molecule has 3 nitrogen and oxygen atoms in total. The third-order valence-electron chi connectivity index (χ3n) is 1.57. The molecular formula is C11H13BrN2O. The van der Waals surface area contributed by atoms with Crippen molar-refractivity contribution in [2.24, 2.45) is 0 Å². The van der Waals surface area contributed by atoms with Gasteiger partial charge in [-0.05, 0) is 32.0 Å². The van der Waals surface area contributed by atoms with Gasteiger partial charge in [-0.3, -0.25) is 15.6 Å². The van der Waals surface area contributed by atoms with E-state index in [-0.39, 0.29) is 5.91 Å². The highest BCUT2D eigenvalue weighted by Gasteiger charge is 1.96. The third-order valence-corrected chi connectivity index (χ3v) is 2.07. The van der Waals surface area contributed by atoms with Gasteiger partial charge in [0.1, 0.15) is 0 Å². The Morgan fingerprint density at radius 3 is 2.73 bits per heavy atom. The highest BCUT2D eigenvalue weighted by atomic mass is 79.9. The van der Waals surface area contributed by atoms with Crippen LogP contribution < -0.4 is 10.9 Å². The maximum Gasteiger partial charge on any atom is 0.262 e. The summed E-state index contributed by atoms with van der Waals surface area (Å²) in [6.45, 7) is 3.75. The molecule has 1 aromatic rings. The van der Waals surface area contributed by atoms with E-state index in [9.17, 15) is 4.79 Å². The fraction of sp³-hybridized carbons (Fsp3) is 0.182. The zero-order valence-corrected chi connectivity index (χ0v) is 10.3. The van der Waals surface area contributed by atoms with E-state index >= 15 is 0 Å². The van der Waals surface area contributed by atoms with E-state index in [4.69, 9.17) is 0 Å². The molecule has 4 heteroatoms. The van der Waals surface area contributed by atoms with Crippen molar-refractivity contribution in [3.05, 3.63) is 40.4 Å². The molecular weight excluding hydrogens is 256 g/mol. The zero-order valence-electron chi connectivity index (χ0n) is 8.67. The Labute approximate surface area is 97.7 Å². The minimum Gasteiger partial charge on any atom is -0.298 e. The number of rotatable bonds is 3. The second-order valence-corrected chi connectivity index (χ2v) is 4.26. The highest BCUT2D eigenvalue weighted by molar-refractivity contribution is 9.10. The maximum atomic E-state index is 11.2. The SMILES string of the molecule is CC(C)=CC(=O)NNc1cccc(Br)c1. The highest BCUT2D eigenvalue weighted by Crippen LogP contribution is 2.14. The number of carbonyl (C=O) groups is 1. The second kappa shape index (κ2) is 5.56. The smallest absolute Gasteiger partial charge is 0.262 e. The van der Waals surface area contributed by atoms with Gasteiger partial charge in [-0.25, -0.2) is 0 Å². The summed E-state index contributed by atoms with van der Waals surface area (Å²) in [7, 11) is 0. The number of hydrogen-bond donors (Lipinski definition) is 2. The lowest BCUT2D eigenvalue weighted by atomic mass is 10.3. The summed E-state index contributed by atoms with van der Waals surface area (Å²) < 4.78 is 0.962. The fourth-order valence-corrected chi connectivity index (χ4v) is 1.40. The molecule has 0 aliphatic heterocycles. The molecule has 0 saturated carbocycles. The van der Waals surface area contributed by atoms with Crippen LogP contribution in [-0.4, -0.2) is 5.91 Å². The van der Waals surface area contributed by atoms with Crippen molar-refractivity contribution in [3.8, 4) is 0 Å². The van der Waals surface area contributed by atoms with Gasteiger partial charge >= 0.3 is 0 Å². The molecule has 0 heterocycles. The lowest BCUT2D eigenvalue weighted by molar-refractivity contribution is -0.116. The van der Waals surface area contributed by atoms with Gasteiger partial charge in [0.15, 0.2) is 0 Å². The zero-order chi connectivity index (χ0) is 11.3. The summed E-state index contributed by atoms with van der Waals surface area (Å²) in [5.41, 5.74) is 7.18. The Morgan fingerprint density at radius 1 is 1.40 bits per heavy atom. The number of benzene rings is 1. The topological polar surface area (TPSA) is 41.1 Å². The molecule has 15 heavy (non-hydrogen) atoms. The fourth-order valence-electron chi connectivity index (χ4n) is 0.998. The van der Waals surface area contributed by atoms with Crippen LogP contribution in [0.25, 0.3) is 0 Å². The van der Waals surface area contributed by atoms with Crippen LogP contribution in [-0.2, 0) is 4.79 Å². The average molecular weight is 269 g/mol. The third kappa shape index (κ3) is 4.65. The number of amides is 1. The number of anilines is 1. The number of carbonyl (C=O) groups excluding carboxylic acids is 1. The monoisotopic (exact) mass is 268 g/mol. The molecule has 0 fully saturated rings. The van der Waals surface area contributed by atoms with E-state index in [2.05, 4.69) is 26.8 Å². The van der Waals surface area contributed by atoms with Crippen molar-refractivity contribution >= 4 is 27.5 Å². The van der Waals surface area contributed by atoms with Crippen LogP contribution in [0.5, 0.6) is 0 Å². The van der Waals surface area contributed by atoms with E-state index in [1.807, 2.05) is 38.1 Å². The summed E-state index contributed by atoms with van der Waals surface area (Å²) in [6.07, 6.45) is 1.53. The van der Waals surface area contributed by atoms with Crippen LogP contribution in [0, 0.1) is 0 Å². The molecule has 0 aliphatic carbocycles. The molecule has 1 aromatic carbocycles. The van der Waals surface area contributed by atoms with Crippen LogP contribution in [0.4, 0.5) is 5.69 Å². The van der Waals surface area contributed by atoms with Crippen LogP contribution in [0.15, 0.2) is 40.4 Å². The Hall–Kier alpha value is -1.29. The van der Waals surface area contributed by atoms with Gasteiger partial charge < -0.3 is 0 Å². The first-order valence-electron chi connectivity index (χ1n) is 4.54. The summed E-state index contributed by atoms with van der Waals surface area (Å²) in [5.74, 6) is -0.157. The summed E-state index contributed by atoms with van der Waals surface area (Å²) in [5, 5.41) is 0. The molecule has 0 saturated heterocycles. The van der Waals surface area contributed by atoms with Gasteiger partial charge in [0.25, 0.3) is 5.91 Å². The minimum absolute atomic E-state index is 0.157. The first kappa shape index (κ1) is 11.8. The average Bonchev–Trinajstić information content (AvgIpc) is 2.14. The van der Waals surface area contributed by atoms with Gasteiger partial charge in [-0.15, -0.1) is 0 Å². The van der Waals surface area contributed by atoms with Crippen molar-refractivity contribution in [1.29, 1.82) is 0 Å². The Balaban J connectivity index is 2.51. The molecule has 1 rings (SSSR count). The first-order chi connectivity index (χ1) is 7.08. The molecule has 0 unspecified atom stereocenters. The van der Waals surface area contributed by atoms with Gasteiger partial charge in [-0.2, -0.15) is 0 Å². The van der Waals surface area contributed by atoms with Crippen molar-refractivity contribution < 1.29 is 4.79 Å². The molecule has 2 N–H and O–H groups in total. The number of halogens is 1. The number of allylic oxidation sites excluding steroid dienone is 1. The van der Waals surface area contributed by atoms with Crippen LogP contribution >= 0.6 is 15.9 Å². The van der Waals surface area contributed by atoms with Gasteiger partial charge in [-0.1, -0.05) is 27.6 Å². The molecule has 0 aromatic heterocycles. The standard InChI is InChI=1S/C11H13BrN2O/c1-8(2)6-11(15)14-13-10-5-3-4-9(12)7-10/h3-7,13H,1-2H3,(H,14,15). The lowest BCUT2D eigenvalue weighted by Gasteiger charge is -2.06. The predicted octanol–water partition coefficient (Wildman–Crippen LogP) is 2.86. The lowest BCUT2D eigenvalue weighted by Crippen LogP contribution is -2.27. The van der Waals surface area contributed by atoms with E-state index in [0.29, 0.717) is 0 Å². The van der Waals surface area contributed by atoms with Crippen molar-refractivity contribution in [1.82, 2.24) is 5.43 Å². The number of hydrazine groups is 1. The van der Waals surface area contributed by atoms with Crippen LogP contribution in [0.3, 0.4) is 0 Å². The first-order valence-corrected chi connectivity index (χ1v) is 5.33. The van der Waals surface area contributed by atoms with Crippen molar-refractivity contribution in [3.63, 3.8) is 0 Å². The predicted molar refractivity (Wildman–Crippen MR) is 65.3 cm³/mol. The summed E-state index contributed by atoms with van der Waals surface area (Å²) >= 11 is 3.34. The summed E-state index contributed by atoms with van der Waals surface area (Å²) in [6, 6.07) is 7.55.